The zero-order valence-electron chi connectivity index (χ0n) is 7.22. The van der Waals surface area contributed by atoms with E-state index in [4.69, 9.17) is 0 Å². The number of halogens is 1. The highest BCUT2D eigenvalue weighted by Gasteiger charge is 2.41. The van der Waals surface area contributed by atoms with E-state index in [1.54, 1.807) is 0 Å². The van der Waals surface area contributed by atoms with E-state index >= 15 is 0 Å². The molecule has 0 amide bonds. The molecule has 0 saturated carbocycles. The summed E-state index contributed by atoms with van der Waals surface area (Å²) in [5.41, 5.74) is 0. The first-order valence-corrected chi connectivity index (χ1v) is 5.97. The number of rotatable bonds is 1. The van der Waals surface area contributed by atoms with Gasteiger partial charge in [0.05, 0.1) is 19.6 Å². The molecule has 0 aromatic heterocycles. The largest absolute Gasteiger partial charge is 0.313 e. The van der Waals surface area contributed by atoms with Gasteiger partial charge in [0.25, 0.3) is 0 Å². The van der Waals surface area contributed by atoms with Crippen molar-refractivity contribution in [1.82, 2.24) is 0 Å². The molecule has 1 unspecified atom stereocenters. The van der Waals surface area contributed by atoms with E-state index in [2.05, 4.69) is 29.5 Å². The fourth-order valence-corrected chi connectivity index (χ4v) is 3.46. The van der Waals surface area contributed by atoms with E-state index in [0.29, 0.717) is 0 Å². The van der Waals surface area contributed by atoms with Crippen LogP contribution < -0.4 is 0 Å². The SMILES string of the molecule is CC(I)[N+]12CCC(CC1)CC2. The third-order valence-corrected chi connectivity index (χ3v) is 4.88. The van der Waals surface area contributed by atoms with Crippen molar-refractivity contribution in [2.75, 3.05) is 19.6 Å². The summed E-state index contributed by atoms with van der Waals surface area (Å²) in [7, 11) is 0. The first-order valence-electron chi connectivity index (χ1n) is 4.73. The molecule has 0 aromatic rings. The van der Waals surface area contributed by atoms with Crippen LogP contribution in [0.1, 0.15) is 26.2 Å². The Kier molecular flexibility index (Phi) is 2.17. The lowest BCUT2D eigenvalue weighted by Crippen LogP contribution is -2.60. The highest BCUT2D eigenvalue weighted by molar-refractivity contribution is 14.1. The van der Waals surface area contributed by atoms with Crippen molar-refractivity contribution in [2.24, 2.45) is 5.92 Å². The predicted octanol–water partition coefficient (Wildman–Crippen LogP) is 2.40. The Morgan fingerprint density at radius 2 is 1.64 bits per heavy atom. The molecule has 3 fully saturated rings. The van der Waals surface area contributed by atoms with Crippen LogP contribution in [0, 0.1) is 5.92 Å². The van der Waals surface area contributed by atoms with Gasteiger partial charge >= 0.3 is 0 Å². The second-order valence-electron chi connectivity index (χ2n) is 4.20. The molecule has 11 heavy (non-hydrogen) atoms. The van der Waals surface area contributed by atoms with Gasteiger partial charge in [-0.3, -0.25) is 0 Å². The van der Waals surface area contributed by atoms with E-state index in [1.807, 2.05) is 0 Å². The normalized spacial score (nSPS) is 45.8. The molecule has 3 aliphatic rings. The fraction of sp³-hybridized carbons (Fsp3) is 1.00. The van der Waals surface area contributed by atoms with Crippen LogP contribution in [-0.4, -0.2) is 28.2 Å². The standard InChI is InChI=1S/C9H17IN/c1-8(10)11-5-2-9(3-6-11)4-7-11/h8-9H,2-7H2,1H3/q+1. The second-order valence-corrected chi connectivity index (χ2v) is 6.00. The summed E-state index contributed by atoms with van der Waals surface area (Å²) in [6.45, 7) is 6.78. The first-order chi connectivity index (χ1) is 5.23. The van der Waals surface area contributed by atoms with Crippen LogP contribution in [0.25, 0.3) is 0 Å². The van der Waals surface area contributed by atoms with Gasteiger partial charge in [-0.1, -0.05) is 0 Å². The van der Waals surface area contributed by atoms with Gasteiger partial charge in [0.2, 0.25) is 0 Å². The lowest BCUT2D eigenvalue weighted by molar-refractivity contribution is -0.946. The number of nitrogens with zero attached hydrogens (tertiary/aromatic N) is 1. The zero-order valence-corrected chi connectivity index (χ0v) is 9.38. The molecule has 3 heterocycles. The van der Waals surface area contributed by atoms with Crippen molar-refractivity contribution >= 4 is 22.6 Å². The number of piperidine rings is 3. The fourth-order valence-electron chi connectivity index (χ4n) is 2.62. The molecule has 2 bridgehead atoms. The second kappa shape index (κ2) is 2.87. The van der Waals surface area contributed by atoms with Crippen LogP contribution in [0.15, 0.2) is 0 Å². The van der Waals surface area contributed by atoms with Gasteiger partial charge in [-0.25, -0.2) is 0 Å². The molecule has 3 aliphatic heterocycles. The summed E-state index contributed by atoms with van der Waals surface area (Å²) in [6.07, 6.45) is 4.52. The minimum atomic E-state index is 0.842. The number of alkyl halides is 1. The number of fused-ring (bicyclic) bond motifs is 3. The monoisotopic (exact) mass is 266 g/mol. The predicted molar refractivity (Wildman–Crippen MR) is 55.7 cm³/mol. The minimum absolute atomic E-state index is 0.842. The molecule has 0 aliphatic carbocycles. The van der Waals surface area contributed by atoms with Gasteiger partial charge in [-0.15, -0.1) is 0 Å². The lowest BCUT2D eigenvalue weighted by atomic mass is 9.86. The zero-order chi connectivity index (χ0) is 7.90. The molecule has 0 spiro atoms. The number of quaternary nitrogens is 1. The first kappa shape index (κ1) is 8.30. The highest BCUT2D eigenvalue weighted by Crippen LogP contribution is 2.37. The van der Waals surface area contributed by atoms with Gasteiger partial charge < -0.3 is 4.48 Å². The van der Waals surface area contributed by atoms with Crippen LogP contribution in [0.4, 0.5) is 0 Å². The van der Waals surface area contributed by atoms with E-state index < -0.39 is 0 Å². The summed E-state index contributed by atoms with van der Waals surface area (Å²) in [5.74, 6) is 1.10. The van der Waals surface area contributed by atoms with E-state index in [-0.39, 0.29) is 0 Å². The Hall–Kier alpha value is 0.690. The maximum absolute atomic E-state index is 2.61. The average Bonchev–Trinajstić information content (AvgIpc) is 2.08. The Labute approximate surface area is 82.9 Å². The van der Waals surface area contributed by atoms with Gasteiger partial charge in [0, 0.05) is 0 Å². The molecule has 0 aromatic carbocycles. The van der Waals surface area contributed by atoms with Gasteiger partial charge in [0.1, 0.15) is 4.05 Å². The van der Waals surface area contributed by atoms with Crippen molar-refractivity contribution in [3.63, 3.8) is 0 Å². The Morgan fingerprint density at radius 1 is 1.18 bits per heavy atom. The topological polar surface area (TPSA) is 0 Å². The molecular formula is C9H17IN+. The third kappa shape index (κ3) is 1.32. The Balaban J connectivity index is 2.12. The maximum Gasteiger partial charge on any atom is 0.136 e. The van der Waals surface area contributed by atoms with Crippen LogP contribution >= 0.6 is 22.6 Å². The minimum Gasteiger partial charge on any atom is -0.313 e. The molecular weight excluding hydrogens is 249 g/mol. The van der Waals surface area contributed by atoms with Gasteiger partial charge in [-0.05, 0) is 54.7 Å². The molecule has 64 valence electrons. The van der Waals surface area contributed by atoms with Crippen LogP contribution in [0.2, 0.25) is 0 Å². The molecule has 3 saturated heterocycles. The summed E-state index contributed by atoms with van der Waals surface area (Å²) in [4.78, 5) is 0. The quantitative estimate of drug-likeness (QED) is 0.296. The smallest absolute Gasteiger partial charge is 0.136 e. The van der Waals surface area contributed by atoms with Crippen molar-refractivity contribution in [1.29, 1.82) is 0 Å². The molecule has 2 heteroatoms. The summed E-state index contributed by atoms with van der Waals surface area (Å²) >= 11 is 2.61. The summed E-state index contributed by atoms with van der Waals surface area (Å²) < 4.78 is 2.27. The Morgan fingerprint density at radius 3 is 1.91 bits per heavy atom. The van der Waals surface area contributed by atoms with Crippen molar-refractivity contribution in [2.45, 2.75) is 30.2 Å². The highest BCUT2D eigenvalue weighted by atomic mass is 127. The van der Waals surface area contributed by atoms with E-state index in [0.717, 1.165) is 9.97 Å². The van der Waals surface area contributed by atoms with Crippen LogP contribution in [-0.2, 0) is 0 Å². The number of hydrogen-bond acceptors (Lipinski definition) is 0. The van der Waals surface area contributed by atoms with Crippen molar-refractivity contribution in [3.8, 4) is 0 Å². The Bertz CT molecular complexity index is 134. The molecule has 0 N–H and O–H groups in total. The lowest BCUT2D eigenvalue weighted by Gasteiger charge is -2.51. The van der Waals surface area contributed by atoms with Gasteiger partial charge in [-0.2, -0.15) is 0 Å². The van der Waals surface area contributed by atoms with Crippen LogP contribution in [0.5, 0.6) is 0 Å². The van der Waals surface area contributed by atoms with Crippen LogP contribution in [0.3, 0.4) is 0 Å². The van der Waals surface area contributed by atoms with Gasteiger partial charge in [0.15, 0.2) is 0 Å². The molecule has 3 rings (SSSR count). The maximum atomic E-state index is 2.61. The van der Waals surface area contributed by atoms with Crippen molar-refractivity contribution in [3.05, 3.63) is 0 Å². The molecule has 0 radical (unpaired) electrons. The number of hydrogen-bond donors (Lipinski definition) is 0. The summed E-state index contributed by atoms with van der Waals surface area (Å²) in [5, 5.41) is 0. The van der Waals surface area contributed by atoms with E-state index in [9.17, 15) is 0 Å². The molecule has 1 nitrogen and oxygen atoms in total. The molecule has 1 atom stereocenters. The summed E-state index contributed by atoms with van der Waals surface area (Å²) in [6, 6.07) is 0. The third-order valence-electron chi connectivity index (χ3n) is 3.70. The van der Waals surface area contributed by atoms with Crippen molar-refractivity contribution < 1.29 is 4.48 Å². The van der Waals surface area contributed by atoms with E-state index in [1.165, 1.54) is 43.4 Å². The average molecular weight is 266 g/mol.